The number of rotatable bonds is 6. The van der Waals surface area contributed by atoms with Crippen LogP contribution in [-0.4, -0.2) is 17.0 Å². The van der Waals surface area contributed by atoms with Crippen LogP contribution in [0, 0.1) is 0 Å². The Labute approximate surface area is 146 Å². The molecule has 0 radical (unpaired) electrons. The van der Waals surface area contributed by atoms with E-state index in [0.29, 0.717) is 12.0 Å². The highest BCUT2D eigenvalue weighted by molar-refractivity contribution is 6.07. The second-order valence-corrected chi connectivity index (χ2v) is 6.27. The van der Waals surface area contributed by atoms with Crippen molar-refractivity contribution in [2.45, 2.75) is 32.1 Å². The Balaban J connectivity index is 1.66. The van der Waals surface area contributed by atoms with Crippen molar-refractivity contribution < 1.29 is 14.7 Å². The number of carbonyl (C=O) groups excluding carboxylic acids is 2. The van der Waals surface area contributed by atoms with Gasteiger partial charge in [-0.15, -0.1) is 0 Å². The first-order valence-corrected chi connectivity index (χ1v) is 8.55. The molecule has 0 aliphatic heterocycles. The summed E-state index contributed by atoms with van der Waals surface area (Å²) in [6, 6.07) is 13.6. The highest BCUT2D eigenvalue weighted by Gasteiger charge is 2.14. The molecule has 0 saturated heterocycles. The van der Waals surface area contributed by atoms with E-state index in [1.165, 1.54) is 5.57 Å². The largest absolute Gasteiger partial charge is 0.565 e. The summed E-state index contributed by atoms with van der Waals surface area (Å²) >= 11 is 0. The van der Waals surface area contributed by atoms with Crippen molar-refractivity contribution in [2.75, 3.05) is 0 Å². The summed E-state index contributed by atoms with van der Waals surface area (Å²) in [6.45, 7) is 0. The zero-order chi connectivity index (χ0) is 17.6. The summed E-state index contributed by atoms with van der Waals surface area (Å²) in [7, 11) is 0. The summed E-state index contributed by atoms with van der Waals surface area (Å²) in [5, 5.41) is 11.9. The summed E-state index contributed by atoms with van der Waals surface area (Å²) in [4.78, 5) is 23.3. The van der Waals surface area contributed by atoms with E-state index in [9.17, 15) is 9.59 Å². The zero-order valence-electron chi connectivity index (χ0n) is 14.0. The van der Waals surface area contributed by atoms with E-state index < -0.39 is 5.97 Å². The van der Waals surface area contributed by atoms with Crippen LogP contribution in [0.1, 0.15) is 42.5 Å². The molecule has 0 bridgehead atoms. The lowest BCUT2D eigenvalue weighted by Gasteiger charge is -2.16. The van der Waals surface area contributed by atoms with Gasteiger partial charge in [0.15, 0.2) is 0 Å². The first-order valence-electron chi connectivity index (χ1n) is 8.55. The lowest BCUT2D eigenvalue weighted by molar-refractivity contribution is -0.137. The Bertz CT molecular complexity index is 859. The van der Waals surface area contributed by atoms with Crippen LogP contribution in [0.2, 0.25) is 0 Å². The molecule has 1 aliphatic carbocycles. The summed E-state index contributed by atoms with van der Waals surface area (Å²) in [5.41, 5.74) is 2.87. The number of fused-ring (bicyclic) bond motifs is 1. The van der Waals surface area contributed by atoms with Crippen LogP contribution in [-0.2, 0) is 4.79 Å². The van der Waals surface area contributed by atoms with E-state index in [2.05, 4.69) is 5.32 Å². The van der Waals surface area contributed by atoms with Gasteiger partial charge in [0.25, 0.3) is 5.91 Å². The SMILES string of the molecule is O=C([OH2+])CCCC1=CC=C(NC(=O)c2cccc3ccccc23)CC1. The molecular formula is C21H22NO3+. The van der Waals surface area contributed by atoms with Gasteiger partial charge in [0.1, 0.15) is 6.42 Å². The number of hydrogen-bond donors (Lipinski definition) is 1. The van der Waals surface area contributed by atoms with Gasteiger partial charge in [-0.3, -0.25) is 4.79 Å². The molecule has 4 nitrogen and oxygen atoms in total. The molecule has 3 N–H and O–H groups in total. The molecule has 0 unspecified atom stereocenters. The molecule has 3 rings (SSSR count). The Morgan fingerprint density at radius 3 is 2.56 bits per heavy atom. The minimum Gasteiger partial charge on any atom is -0.565 e. The Kier molecular flexibility index (Phi) is 5.29. The average Bonchev–Trinajstić information content (AvgIpc) is 2.62. The smallest absolute Gasteiger partial charge is 0.515 e. The minimum absolute atomic E-state index is 0.0836. The maximum atomic E-state index is 12.6. The molecule has 0 saturated carbocycles. The van der Waals surface area contributed by atoms with E-state index in [0.717, 1.165) is 42.2 Å². The molecule has 128 valence electrons. The van der Waals surface area contributed by atoms with E-state index in [4.69, 9.17) is 5.11 Å². The molecule has 4 heteroatoms. The van der Waals surface area contributed by atoms with Crippen LogP contribution in [0.3, 0.4) is 0 Å². The van der Waals surface area contributed by atoms with Gasteiger partial charge < -0.3 is 10.4 Å². The minimum atomic E-state index is -0.505. The molecule has 1 aliphatic rings. The van der Waals surface area contributed by atoms with E-state index in [1.807, 2.05) is 54.6 Å². The van der Waals surface area contributed by atoms with Crippen LogP contribution >= 0.6 is 0 Å². The van der Waals surface area contributed by atoms with Gasteiger partial charge in [0, 0.05) is 16.1 Å². The van der Waals surface area contributed by atoms with Crippen LogP contribution in [0.15, 0.2) is 65.9 Å². The molecule has 1 amide bonds. The lowest BCUT2D eigenvalue weighted by Crippen LogP contribution is -2.23. The number of amides is 1. The van der Waals surface area contributed by atoms with Gasteiger partial charge in [-0.2, -0.15) is 0 Å². The fourth-order valence-corrected chi connectivity index (χ4v) is 3.11. The van der Waals surface area contributed by atoms with Gasteiger partial charge in [-0.05, 0) is 48.6 Å². The number of carbonyl (C=O) groups is 2. The quantitative estimate of drug-likeness (QED) is 0.819. The normalized spacial score (nSPS) is 13.9. The molecule has 0 spiro atoms. The van der Waals surface area contributed by atoms with Crippen molar-refractivity contribution in [3.8, 4) is 0 Å². The van der Waals surface area contributed by atoms with Crippen LogP contribution < -0.4 is 5.32 Å². The number of nitrogens with one attached hydrogen (secondary N) is 1. The summed E-state index contributed by atoms with van der Waals surface area (Å²) in [5.74, 6) is -0.588. The maximum Gasteiger partial charge on any atom is 0.515 e. The number of benzene rings is 2. The first-order chi connectivity index (χ1) is 12.1. The molecular weight excluding hydrogens is 314 g/mol. The fourth-order valence-electron chi connectivity index (χ4n) is 3.11. The van der Waals surface area contributed by atoms with Crippen molar-refractivity contribution in [2.24, 2.45) is 0 Å². The highest BCUT2D eigenvalue weighted by Crippen LogP contribution is 2.23. The third kappa shape index (κ3) is 4.35. The van der Waals surface area contributed by atoms with Crippen LogP contribution in [0.4, 0.5) is 0 Å². The van der Waals surface area contributed by atoms with Crippen molar-refractivity contribution in [1.82, 2.24) is 5.32 Å². The van der Waals surface area contributed by atoms with Crippen molar-refractivity contribution >= 4 is 22.6 Å². The molecule has 2 aromatic rings. The third-order valence-electron chi connectivity index (χ3n) is 4.45. The van der Waals surface area contributed by atoms with Gasteiger partial charge in [0.05, 0.1) is 0 Å². The molecule has 0 atom stereocenters. The average molecular weight is 336 g/mol. The predicted molar refractivity (Wildman–Crippen MR) is 99.3 cm³/mol. The summed E-state index contributed by atoms with van der Waals surface area (Å²) in [6.07, 6.45) is 7.52. The van der Waals surface area contributed by atoms with Crippen LogP contribution in [0.25, 0.3) is 10.8 Å². The Hall–Kier alpha value is -2.88. The standard InChI is InChI=1S/C21H21NO3/c23-20(24)10-3-5-15-11-13-17(14-12-15)22-21(25)19-9-4-7-16-6-1-2-8-18(16)19/h1-2,4,6-9,11,13H,3,5,10,12,14H2,(H,22,25)(H,23,24)/p+1. The van der Waals surface area contributed by atoms with E-state index >= 15 is 0 Å². The molecule has 25 heavy (non-hydrogen) atoms. The summed E-state index contributed by atoms with van der Waals surface area (Å²) < 4.78 is 0. The van der Waals surface area contributed by atoms with Gasteiger partial charge in [-0.25, -0.2) is 0 Å². The monoisotopic (exact) mass is 336 g/mol. The zero-order valence-corrected chi connectivity index (χ0v) is 14.0. The second-order valence-electron chi connectivity index (χ2n) is 6.27. The molecule has 0 fully saturated rings. The van der Waals surface area contributed by atoms with Crippen molar-refractivity contribution in [3.05, 3.63) is 71.5 Å². The maximum absolute atomic E-state index is 12.6. The van der Waals surface area contributed by atoms with Gasteiger partial charge in [-0.1, -0.05) is 48.0 Å². The second kappa shape index (κ2) is 7.79. The Morgan fingerprint density at radius 2 is 1.80 bits per heavy atom. The van der Waals surface area contributed by atoms with Crippen molar-refractivity contribution in [1.29, 1.82) is 0 Å². The Morgan fingerprint density at radius 1 is 1.00 bits per heavy atom. The van der Waals surface area contributed by atoms with Gasteiger partial charge in [0.2, 0.25) is 0 Å². The number of allylic oxidation sites excluding steroid dienone is 4. The lowest BCUT2D eigenvalue weighted by atomic mass is 9.97. The predicted octanol–water partition coefficient (Wildman–Crippen LogP) is 3.60. The van der Waals surface area contributed by atoms with Crippen LogP contribution in [0.5, 0.6) is 0 Å². The van der Waals surface area contributed by atoms with Gasteiger partial charge >= 0.3 is 5.97 Å². The highest BCUT2D eigenvalue weighted by atomic mass is 16.4. The molecule has 0 aromatic heterocycles. The molecule has 0 heterocycles. The first kappa shape index (κ1) is 17.0. The third-order valence-corrected chi connectivity index (χ3v) is 4.45. The van der Waals surface area contributed by atoms with E-state index in [1.54, 1.807) is 0 Å². The topological polar surface area (TPSA) is 69.1 Å². The number of hydrogen-bond acceptors (Lipinski definition) is 2. The van der Waals surface area contributed by atoms with Crippen molar-refractivity contribution in [3.63, 3.8) is 0 Å². The molecule has 2 aromatic carbocycles. The fraction of sp³-hybridized carbons (Fsp3) is 0.238. The van der Waals surface area contributed by atoms with E-state index in [-0.39, 0.29) is 5.91 Å².